The van der Waals surface area contributed by atoms with Crippen LogP contribution in [0.15, 0.2) is 17.6 Å². The van der Waals surface area contributed by atoms with E-state index in [1.54, 1.807) is 17.5 Å². The molecule has 5 heteroatoms. The van der Waals surface area contributed by atoms with E-state index < -0.39 is 0 Å². The van der Waals surface area contributed by atoms with Crippen molar-refractivity contribution in [2.45, 2.75) is 20.0 Å². The molecule has 0 aliphatic carbocycles. The molecule has 2 rings (SSSR count). The Morgan fingerprint density at radius 2 is 2.43 bits per heavy atom. The maximum absolute atomic E-state index is 5.56. The summed E-state index contributed by atoms with van der Waals surface area (Å²) in [5.74, 6) is 0. The third-order valence-corrected chi connectivity index (χ3v) is 3.03. The fraction of sp³-hybridized carbons (Fsp3) is 0.333. The van der Waals surface area contributed by atoms with Gasteiger partial charge in [-0.1, -0.05) is 5.21 Å². The third kappa shape index (κ3) is 1.56. The molecule has 4 nitrogen and oxygen atoms in total. The van der Waals surface area contributed by atoms with Crippen LogP contribution >= 0.6 is 11.3 Å². The molecule has 0 aliphatic heterocycles. The number of aromatic nitrogens is 3. The molecule has 2 aromatic heterocycles. The van der Waals surface area contributed by atoms with Gasteiger partial charge in [-0.15, -0.1) is 16.4 Å². The van der Waals surface area contributed by atoms with Gasteiger partial charge >= 0.3 is 0 Å². The Kier molecular flexibility index (Phi) is 2.60. The molecule has 0 saturated carbocycles. The first kappa shape index (κ1) is 9.36. The Bertz CT molecular complexity index is 418. The summed E-state index contributed by atoms with van der Waals surface area (Å²) in [6.45, 7) is 3.48. The molecule has 14 heavy (non-hydrogen) atoms. The first-order chi connectivity index (χ1) is 6.85. The molecular formula is C9H12N4S. The molecule has 0 amide bonds. The molecule has 2 N–H and O–H groups in total. The number of thiophene rings is 1. The molecule has 2 heterocycles. The van der Waals surface area contributed by atoms with Gasteiger partial charge in [0.1, 0.15) is 0 Å². The third-order valence-electron chi connectivity index (χ3n) is 2.07. The van der Waals surface area contributed by atoms with Gasteiger partial charge < -0.3 is 5.73 Å². The van der Waals surface area contributed by atoms with Gasteiger partial charge in [0.15, 0.2) is 0 Å². The summed E-state index contributed by atoms with van der Waals surface area (Å²) in [4.78, 5) is 1.18. The van der Waals surface area contributed by atoms with E-state index in [0.29, 0.717) is 6.54 Å². The molecule has 0 aromatic carbocycles. The van der Waals surface area contributed by atoms with Crippen molar-refractivity contribution in [2.75, 3.05) is 0 Å². The van der Waals surface area contributed by atoms with E-state index in [0.717, 1.165) is 17.8 Å². The minimum absolute atomic E-state index is 0.596. The van der Waals surface area contributed by atoms with Crippen LogP contribution in [-0.2, 0) is 13.1 Å². The zero-order valence-corrected chi connectivity index (χ0v) is 8.79. The van der Waals surface area contributed by atoms with Crippen LogP contribution in [0.4, 0.5) is 0 Å². The molecule has 0 unspecified atom stereocenters. The van der Waals surface area contributed by atoms with E-state index in [1.165, 1.54) is 4.88 Å². The number of hydrogen-bond acceptors (Lipinski definition) is 4. The summed E-state index contributed by atoms with van der Waals surface area (Å²) >= 11 is 1.67. The summed E-state index contributed by atoms with van der Waals surface area (Å²) in [7, 11) is 0. The van der Waals surface area contributed by atoms with Crippen molar-refractivity contribution in [3.05, 3.63) is 22.5 Å². The zero-order chi connectivity index (χ0) is 9.97. The van der Waals surface area contributed by atoms with Crippen LogP contribution in [0, 0.1) is 0 Å². The normalized spacial score (nSPS) is 10.7. The summed E-state index contributed by atoms with van der Waals surface area (Å²) in [5, 5.41) is 9.97. The highest BCUT2D eigenvalue weighted by Gasteiger charge is 2.06. The molecular weight excluding hydrogens is 196 g/mol. The van der Waals surface area contributed by atoms with Crippen molar-refractivity contribution in [2.24, 2.45) is 5.73 Å². The largest absolute Gasteiger partial charge is 0.326 e. The van der Waals surface area contributed by atoms with Crippen LogP contribution < -0.4 is 5.73 Å². The second kappa shape index (κ2) is 3.89. The lowest BCUT2D eigenvalue weighted by Gasteiger charge is -1.98. The molecule has 0 bridgehead atoms. The summed E-state index contributed by atoms with van der Waals surface area (Å²) in [6.07, 6.45) is 1.78. The van der Waals surface area contributed by atoms with Gasteiger partial charge in [0.25, 0.3) is 0 Å². The molecule has 0 spiro atoms. The Labute approximate surface area is 86.4 Å². The molecule has 0 fully saturated rings. The van der Waals surface area contributed by atoms with Gasteiger partial charge in [0.05, 0.1) is 11.9 Å². The Hall–Kier alpha value is -1.20. The smallest absolute Gasteiger partial charge is 0.0893 e. The van der Waals surface area contributed by atoms with Crippen molar-refractivity contribution >= 4 is 11.3 Å². The first-order valence-electron chi connectivity index (χ1n) is 4.51. The quantitative estimate of drug-likeness (QED) is 0.831. The lowest BCUT2D eigenvalue weighted by Crippen LogP contribution is -1.98. The van der Waals surface area contributed by atoms with Gasteiger partial charge in [-0.05, 0) is 13.0 Å². The Morgan fingerprint density at radius 3 is 3.07 bits per heavy atom. The average Bonchev–Trinajstić information content (AvgIpc) is 2.85. The Balaban J connectivity index is 2.38. The molecule has 0 saturated heterocycles. The minimum atomic E-state index is 0.596. The van der Waals surface area contributed by atoms with Crippen LogP contribution in [0.1, 0.15) is 11.8 Å². The van der Waals surface area contributed by atoms with Crippen LogP contribution in [0.5, 0.6) is 0 Å². The highest BCUT2D eigenvalue weighted by molar-refractivity contribution is 7.10. The van der Waals surface area contributed by atoms with Crippen LogP contribution in [0.25, 0.3) is 11.3 Å². The van der Waals surface area contributed by atoms with E-state index in [4.69, 9.17) is 5.73 Å². The number of nitrogens with two attached hydrogens (primary N) is 1. The monoisotopic (exact) mass is 208 g/mol. The van der Waals surface area contributed by atoms with Gasteiger partial charge in [-0.3, -0.25) is 0 Å². The second-order valence-corrected chi connectivity index (χ2v) is 3.94. The number of hydrogen-bond donors (Lipinski definition) is 1. The predicted octanol–water partition coefficient (Wildman–Crippen LogP) is 1.49. The summed E-state index contributed by atoms with van der Waals surface area (Å²) < 4.78 is 1.88. The van der Waals surface area contributed by atoms with Gasteiger partial charge in [0, 0.05) is 28.9 Å². The SMILES string of the molecule is CCn1nncc1-c1csc(CN)c1. The molecule has 74 valence electrons. The standard InChI is InChI=1S/C9H12N4S/c1-2-13-9(5-11-12-13)7-3-8(4-10)14-6-7/h3,5-6H,2,4,10H2,1H3. The van der Waals surface area contributed by atoms with Crippen molar-refractivity contribution < 1.29 is 0 Å². The Morgan fingerprint density at radius 1 is 1.57 bits per heavy atom. The van der Waals surface area contributed by atoms with E-state index in [-0.39, 0.29) is 0 Å². The van der Waals surface area contributed by atoms with E-state index in [1.807, 2.05) is 11.6 Å². The highest BCUT2D eigenvalue weighted by atomic mass is 32.1. The molecule has 2 aromatic rings. The lowest BCUT2D eigenvalue weighted by atomic mass is 10.2. The lowest BCUT2D eigenvalue weighted by molar-refractivity contribution is 0.633. The highest BCUT2D eigenvalue weighted by Crippen LogP contribution is 2.24. The summed E-state index contributed by atoms with van der Waals surface area (Å²) in [6, 6.07) is 2.09. The van der Waals surface area contributed by atoms with E-state index >= 15 is 0 Å². The molecule has 0 atom stereocenters. The van der Waals surface area contributed by atoms with Gasteiger partial charge in [-0.2, -0.15) is 0 Å². The van der Waals surface area contributed by atoms with Gasteiger partial charge in [0.2, 0.25) is 0 Å². The fourth-order valence-corrected chi connectivity index (χ4v) is 2.10. The van der Waals surface area contributed by atoms with Crippen LogP contribution in [0.3, 0.4) is 0 Å². The van der Waals surface area contributed by atoms with Crippen LogP contribution in [0.2, 0.25) is 0 Å². The predicted molar refractivity (Wildman–Crippen MR) is 56.9 cm³/mol. The second-order valence-electron chi connectivity index (χ2n) is 2.94. The number of nitrogens with zero attached hydrogens (tertiary/aromatic N) is 3. The van der Waals surface area contributed by atoms with E-state index in [9.17, 15) is 0 Å². The van der Waals surface area contributed by atoms with Crippen molar-refractivity contribution in [3.8, 4) is 11.3 Å². The first-order valence-corrected chi connectivity index (χ1v) is 5.39. The maximum Gasteiger partial charge on any atom is 0.0893 e. The number of aryl methyl sites for hydroxylation is 1. The minimum Gasteiger partial charge on any atom is -0.326 e. The molecule has 0 aliphatic rings. The zero-order valence-electron chi connectivity index (χ0n) is 7.97. The average molecular weight is 208 g/mol. The summed E-state index contributed by atoms with van der Waals surface area (Å²) in [5.41, 5.74) is 7.77. The van der Waals surface area contributed by atoms with Crippen LogP contribution in [-0.4, -0.2) is 15.0 Å². The topological polar surface area (TPSA) is 56.7 Å². The van der Waals surface area contributed by atoms with Crippen molar-refractivity contribution in [1.29, 1.82) is 0 Å². The fourth-order valence-electron chi connectivity index (χ4n) is 1.34. The van der Waals surface area contributed by atoms with Crippen molar-refractivity contribution in [1.82, 2.24) is 15.0 Å². The van der Waals surface area contributed by atoms with Gasteiger partial charge in [-0.25, -0.2) is 4.68 Å². The maximum atomic E-state index is 5.56. The van der Waals surface area contributed by atoms with Crippen molar-refractivity contribution in [3.63, 3.8) is 0 Å². The molecule has 0 radical (unpaired) electrons. The number of rotatable bonds is 3. The van der Waals surface area contributed by atoms with E-state index in [2.05, 4.69) is 21.8 Å².